The van der Waals surface area contributed by atoms with E-state index in [4.69, 9.17) is 0 Å². The van der Waals surface area contributed by atoms with Gasteiger partial charge in [0, 0.05) is 11.0 Å². The van der Waals surface area contributed by atoms with Crippen LogP contribution in [-0.2, 0) is 11.8 Å². The van der Waals surface area contributed by atoms with Crippen molar-refractivity contribution < 1.29 is 0 Å². The lowest BCUT2D eigenvalue weighted by Crippen LogP contribution is -2.38. The molecule has 0 radical (unpaired) electrons. The summed E-state index contributed by atoms with van der Waals surface area (Å²) >= 11 is 0. The lowest BCUT2D eigenvalue weighted by atomic mass is 9.94. The molecule has 0 amide bonds. The van der Waals surface area contributed by atoms with E-state index in [1.165, 1.54) is 31.4 Å². The van der Waals surface area contributed by atoms with Gasteiger partial charge in [-0.2, -0.15) is 0 Å². The zero-order valence-electron chi connectivity index (χ0n) is 12.1. The third kappa shape index (κ3) is 1.99. The Hall–Kier alpha value is -0.820. The highest BCUT2D eigenvalue weighted by Crippen LogP contribution is 2.61. The summed E-state index contributed by atoms with van der Waals surface area (Å²) in [5.74, 6) is 0.861. The summed E-state index contributed by atoms with van der Waals surface area (Å²) in [6.45, 7) is 10.2. The molecule has 18 heavy (non-hydrogen) atoms. The van der Waals surface area contributed by atoms with E-state index in [0.717, 1.165) is 5.92 Å². The molecule has 1 N–H and O–H groups in total. The minimum absolute atomic E-state index is 0.248. The highest BCUT2D eigenvalue weighted by atomic mass is 15.0. The Kier molecular flexibility index (Phi) is 2.60. The molecule has 3 rings (SSSR count). The normalized spacial score (nSPS) is 29.7. The number of rotatable bonds is 2. The maximum Gasteiger partial charge on any atom is 0.00966 e. The fourth-order valence-electron chi connectivity index (χ4n) is 3.58. The largest absolute Gasteiger partial charge is 0.312 e. The van der Waals surface area contributed by atoms with Crippen molar-refractivity contribution in [2.75, 3.05) is 6.54 Å². The maximum absolute atomic E-state index is 3.68. The van der Waals surface area contributed by atoms with E-state index >= 15 is 0 Å². The van der Waals surface area contributed by atoms with Gasteiger partial charge in [0.05, 0.1) is 0 Å². The van der Waals surface area contributed by atoms with Gasteiger partial charge in [0.1, 0.15) is 0 Å². The molecule has 1 fully saturated rings. The van der Waals surface area contributed by atoms with Crippen molar-refractivity contribution in [2.45, 2.75) is 57.9 Å². The molecule has 0 aliphatic heterocycles. The quantitative estimate of drug-likeness (QED) is 0.837. The predicted octanol–water partition coefficient (Wildman–Crippen LogP) is 3.59. The lowest BCUT2D eigenvalue weighted by Gasteiger charge is -2.22. The van der Waals surface area contributed by atoms with E-state index < -0.39 is 0 Å². The number of benzene rings is 1. The lowest BCUT2D eigenvalue weighted by molar-refractivity contribution is 0.402. The molecule has 0 bridgehead atoms. The van der Waals surface area contributed by atoms with E-state index in [9.17, 15) is 0 Å². The van der Waals surface area contributed by atoms with Gasteiger partial charge in [-0.3, -0.25) is 0 Å². The van der Waals surface area contributed by atoms with Crippen molar-refractivity contribution in [2.24, 2.45) is 5.92 Å². The average Bonchev–Trinajstić information content (AvgIpc) is 2.87. The number of hydrogen-bond donors (Lipinski definition) is 1. The molecule has 1 spiro atoms. The van der Waals surface area contributed by atoms with Crippen LogP contribution in [0, 0.1) is 12.8 Å². The SMILES string of the molecule is Cc1ccc2c(c1)C1(CC2)CC1CNC(C)(C)C. The molecular weight excluding hydrogens is 218 g/mol. The molecule has 1 nitrogen and oxygen atoms in total. The smallest absolute Gasteiger partial charge is 0.00966 e. The van der Waals surface area contributed by atoms with Gasteiger partial charge >= 0.3 is 0 Å². The highest BCUT2D eigenvalue weighted by molar-refractivity contribution is 5.47. The Balaban J connectivity index is 1.76. The van der Waals surface area contributed by atoms with Gasteiger partial charge in [-0.1, -0.05) is 23.8 Å². The molecule has 2 atom stereocenters. The van der Waals surface area contributed by atoms with Crippen LogP contribution in [0.2, 0.25) is 0 Å². The first kappa shape index (κ1) is 12.2. The van der Waals surface area contributed by atoms with E-state index in [0.29, 0.717) is 5.41 Å². The number of nitrogens with one attached hydrogen (secondary N) is 1. The topological polar surface area (TPSA) is 12.0 Å². The predicted molar refractivity (Wildman–Crippen MR) is 77.0 cm³/mol. The molecule has 98 valence electrons. The van der Waals surface area contributed by atoms with Gasteiger partial charge < -0.3 is 5.32 Å². The summed E-state index contributed by atoms with van der Waals surface area (Å²) in [4.78, 5) is 0. The zero-order chi connectivity index (χ0) is 13.0. The molecule has 2 aliphatic rings. The first-order chi connectivity index (χ1) is 8.41. The maximum atomic E-state index is 3.68. The summed E-state index contributed by atoms with van der Waals surface area (Å²) in [5.41, 5.74) is 5.49. The second kappa shape index (κ2) is 3.84. The summed E-state index contributed by atoms with van der Waals surface area (Å²) in [6, 6.07) is 7.06. The third-order valence-electron chi connectivity index (χ3n) is 4.75. The summed E-state index contributed by atoms with van der Waals surface area (Å²) in [7, 11) is 0. The number of hydrogen-bond acceptors (Lipinski definition) is 1. The third-order valence-corrected chi connectivity index (χ3v) is 4.75. The van der Waals surface area contributed by atoms with E-state index in [1.54, 1.807) is 11.1 Å². The molecule has 0 aromatic heterocycles. The van der Waals surface area contributed by atoms with Crippen LogP contribution in [0.5, 0.6) is 0 Å². The van der Waals surface area contributed by atoms with Crippen LogP contribution in [-0.4, -0.2) is 12.1 Å². The van der Waals surface area contributed by atoms with Crippen LogP contribution in [0.15, 0.2) is 18.2 Å². The van der Waals surface area contributed by atoms with Gasteiger partial charge in [0.15, 0.2) is 0 Å². The van der Waals surface area contributed by atoms with Crippen LogP contribution < -0.4 is 5.32 Å². The Morgan fingerprint density at radius 1 is 1.33 bits per heavy atom. The zero-order valence-corrected chi connectivity index (χ0v) is 12.1. The Morgan fingerprint density at radius 3 is 2.83 bits per heavy atom. The van der Waals surface area contributed by atoms with Crippen LogP contribution >= 0.6 is 0 Å². The monoisotopic (exact) mass is 243 g/mol. The number of fused-ring (bicyclic) bond motifs is 2. The molecule has 1 aromatic rings. The first-order valence-corrected chi connectivity index (χ1v) is 7.26. The fourth-order valence-corrected chi connectivity index (χ4v) is 3.58. The highest BCUT2D eigenvalue weighted by Gasteiger charge is 2.57. The van der Waals surface area contributed by atoms with Crippen molar-refractivity contribution in [3.05, 3.63) is 34.9 Å². The fraction of sp³-hybridized carbons (Fsp3) is 0.647. The summed E-state index contributed by atoms with van der Waals surface area (Å²) < 4.78 is 0. The molecule has 0 saturated heterocycles. The van der Waals surface area contributed by atoms with Crippen molar-refractivity contribution in [3.63, 3.8) is 0 Å². The van der Waals surface area contributed by atoms with Crippen molar-refractivity contribution in [1.82, 2.24) is 5.32 Å². The van der Waals surface area contributed by atoms with Gasteiger partial charge in [-0.05, 0) is 70.5 Å². The van der Waals surface area contributed by atoms with Gasteiger partial charge in [-0.25, -0.2) is 0 Å². The molecule has 1 heteroatoms. The Morgan fingerprint density at radius 2 is 2.11 bits per heavy atom. The molecule has 1 aromatic carbocycles. The summed E-state index contributed by atoms with van der Waals surface area (Å²) in [5, 5.41) is 3.68. The minimum atomic E-state index is 0.248. The van der Waals surface area contributed by atoms with Crippen LogP contribution in [0.25, 0.3) is 0 Å². The van der Waals surface area contributed by atoms with Crippen LogP contribution in [0.3, 0.4) is 0 Å². The molecule has 2 aliphatic carbocycles. The molecule has 2 unspecified atom stereocenters. The van der Waals surface area contributed by atoms with Gasteiger partial charge in [0.25, 0.3) is 0 Å². The second-order valence-corrected chi connectivity index (χ2v) is 7.35. The van der Waals surface area contributed by atoms with Crippen LogP contribution in [0.4, 0.5) is 0 Å². The Labute approximate surface area is 111 Å². The van der Waals surface area contributed by atoms with Gasteiger partial charge in [-0.15, -0.1) is 0 Å². The average molecular weight is 243 g/mol. The Bertz CT molecular complexity index is 469. The van der Waals surface area contributed by atoms with Crippen molar-refractivity contribution >= 4 is 0 Å². The van der Waals surface area contributed by atoms with E-state index in [2.05, 4.69) is 51.2 Å². The standard InChI is InChI=1S/C17H25N/c1-12-5-6-13-7-8-17(15(13)9-12)10-14(17)11-18-16(2,3)4/h5-6,9,14,18H,7-8,10-11H2,1-4H3. The first-order valence-electron chi connectivity index (χ1n) is 7.26. The molecule has 1 saturated carbocycles. The number of aryl methyl sites for hydroxylation is 2. The minimum Gasteiger partial charge on any atom is -0.312 e. The van der Waals surface area contributed by atoms with Crippen molar-refractivity contribution in [3.8, 4) is 0 Å². The molecular formula is C17H25N. The van der Waals surface area contributed by atoms with Gasteiger partial charge in [0.2, 0.25) is 0 Å². The van der Waals surface area contributed by atoms with Crippen LogP contribution in [0.1, 0.15) is 50.3 Å². The van der Waals surface area contributed by atoms with E-state index in [-0.39, 0.29) is 5.54 Å². The second-order valence-electron chi connectivity index (χ2n) is 7.35. The van der Waals surface area contributed by atoms with E-state index in [1.807, 2.05) is 0 Å². The molecule has 0 heterocycles. The summed E-state index contributed by atoms with van der Waals surface area (Å²) in [6.07, 6.45) is 4.07. The van der Waals surface area contributed by atoms with Crippen molar-refractivity contribution in [1.29, 1.82) is 0 Å².